The van der Waals surface area contributed by atoms with Gasteiger partial charge in [-0.3, -0.25) is 0 Å². The molecule has 4 nitrogen and oxygen atoms in total. The molecule has 0 aliphatic heterocycles. The molecule has 0 fully saturated rings. The maximum atomic E-state index is 8.65. The summed E-state index contributed by atoms with van der Waals surface area (Å²) in [5.41, 5.74) is 0. The summed E-state index contributed by atoms with van der Waals surface area (Å²) in [5, 5.41) is 21.1. The standard InChI is InChI=1S/C11H21N3OS2/c1-9(2)8-12-10-13-14-11(17-10)16-7-5-3-4-6-15/h9,15H,3-8H2,1-2H3,(H,12,13). The predicted octanol–water partition coefficient (Wildman–Crippen LogP) is 2.86. The van der Waals surface area contributed by atoms with Crippen LogP contribution in [0.5, 0.6) is 0 Å². The molecule has 1 heterocycles. The van der Waals surface area contributed by atoms with E-state index in [1.165, 1.54) is 0 Å². The monoisotopic (exact) mass is 275 g/mol. The van der Waals surface area contributed by atoms with Gasteiger partial charge in [0, 0.05) is 18.9 Å². The van der Waals surface area contributed by atoms with Crippen LogP contribution in [0.15, 0.2) is 4.34 Å². The molecule has 2 N–H and O–H groups in total. The maximum absolute atomic E-state index is 8.65. The number of aliphatic hydroxyl groups is 1. The van der Waals surface area contributed by atoms with Crippen molar-refractivity contribution in [3.8, 4) is 0 Å². The topological polar surface area (TPSA) is 58.0 Å². The first-order valence-electron chi connectivity index (χ1n) is 6.03. The van der Waals surface area contributed by atoms with Crippen LogP contribution in [-0.4, -0.2) is 34.2 Å². The number of rotatable bonds is 9. The van der Waals surface area contributed by atoms with E-state index in [4.69, 9.17) is 5.11 Å². The Morgan fingerprint density at radius 2 is 2.12 bits per heavy atom. The summed E-state index contributed by atoms with van der Waals surface area (Å²) in [6.07, 6.45) is 3.11. The molecular weight excluding hydrogens is 254 g/mol. The van der Waals surface area contributed by atoms with E-state index in [2.05, 4.69) is 29.4 Å². The van der Waals surface area contributed by atoms with Crippen molar-refractivity contribution in [2.24, 2.45) is 5.92 Å². The fourth-order valence-corrected chi connectivity index (χ4v) is 3.01. The molecule has 0 saturated carbocycles. The summed E-state index contributed by atoms with van der Waals surface area (Å²) in [5.74, 6) is 1.67. The van der Waals surface area contributed by atoms with Crippen LogP contribution in [0, 0.1) is 5.92 Å². The van der Waals surface area contributed by atoms with Crippen LogP contribution < -0.4 is 5.32 Å². The molecule has 0 aliphatic rings. The van der Waals surface area contributed by atoms with Gasteiger partial charge in [0.15, 0.2) is 4.34 Å². The fraction of sp³-hybridized carbons (Fsp3) is 0.818. The lowest BCUT2D eigenvalue weighted by Gasteiger charge is -2.03. The molecule has 1 aromatic rings. The Bertz CT molecular complexity index is 305. The second kappa shape index (κ2) is 8.72. The van der Waals surface area contributed by atoms with Gasteiger partial charge in [-0.05, 0) is 18.8 Å². The Labute approximate surface area is 111 Å². The van der Waals surface area contributed by atoms with Crippen molar-refractivity contribution in [1.82, 2.24) is 10.2 Å². The van der Waals surface area contributed by atoms with Crippen molar-refractivity contribution in [3.05, 3.63) is 0 Å². The third-order valence-electron chi connectivity index (χ3n) is 2.10. The molecule has 17 heavy (non-hydrogen) atoms. The lowest BCUT2D eigenvalue weighted by Crippen LogP contribution is -2.07. The number of hydrogen-bond acceptors (Lipinski definition) is 6. The Morgan fingerprint density at radius 1 is 1.29 bits per heavy atom. The molecule has 0 aromatic carbocycles. The zero-order valence-corrected chi connectivity index (χ0v) is 12.1. The minimum absolute atomic E-state index is 0.298. The van der Waals surface area contributed by atoms with E-state index in [9.17, 15) is 0 Å². The van der Waals surface area contributed by atoms with Crippen LogP contribution in [0.25, 0.3) is 0 Å². The Morgan fingerprint density at radius 3 is 2.82 bits per heavy atom. The number of hydrogen-bond donors (Lipinski definition) is 2. The smallest absolute Gasteiger partial charge is 0.206 e. The summed E-state index contributed by atoms with van der Waals surface area (Å²) < 4.78 is 1.03. The van der Waals surface area contributed by atoms with E-state index in [-0.39, 0.29) is 0 Å². The Hall–Kier alpha value is -0.330. The summed E-state index contributed by atoms with van der Waals surface area (Å²) in [6, 6.07) is 0. The van der Waals surface area contributed by atoms with Gasteiger partial charge in [-0.25, -0.2) is 0 Å². The number of nitrogens with zero attached hydrogens (tertiary/aromatic N) is 2. The van der Waals surface area contributed by atoms with Crippen molar-refractivity contribution in [1.29, 1.82) is 0 Å². The highest BCUT2D eigenvalue weighted by molar-refractivity contribution is 8.01. The van der Waals surface area contributed by atoms with E-state index < -0.39 is 0 Å². The minimum atomic E-state index is 0.298. The highest BCUT2D eigenvalue weighted by Crippen LogP contribution is 2.26. The first-order chi connectivity index (χ1) is 8.22. The van der Waals surface area contributed by atoms with Crippen molar-refractivity contribution in [2.75, 3.05) is 24.2 Å². The second-order valence-corrected chi connectivity index (χ2v) is 6.60. The number of nitrogens with one attached hydrogen (secondary N) is 1. The van der Waals surface area contributed by atoms with Crippen LogP contribution in [0.2, 0.25) is 0 Å². The zero-order valence-electron chi connectivity index (χ0n) is 10.5. The molecule has 0 spiro atoms. The van der Waals surface area contributed by atoms with Gasteiger partial charge < -0.3 is 10.4 Å². The average Bonchev–Trinajstić information content (AvgIpc) is 2.74. The van der Waals surface area contributed by atoms with Gasteiger partial charge in [-0.15, -0.1) is 10.2 Å². The molecule has 0 atom stereocenters. The summed E-state index contributed by atoms with van der Waals surface area (Å²) in [4.78, 5) is 0. The van der Waals surface area contributed by atoms with Crippen LogP contribution in [0.4, 0.5) is 5.13 Å². The molecule has 1 aromatic heterocycles. The van der Waals surface area contributed by atoms with E-state index in [0.717, 1.165) is 41.0 Å². The van der Waals surface area contributed by atoms with Crippen molar-refractivity contribution in [3.63, 3.8) is 0 Å². The highest BCUT2D eigenvalue weighted by Gasteiger charge is 2.04. The lowest BCUT2D eigenvalue weighted by atomic mass is 10.2. The van der Waals surface area contributed by atoms with Crippen molar-refractivity contribution < 1.29 is 5.11 Å². The number of aliphatic hydroxyl groups excluding tert-OH is 1. The van der Waals surface area contributed by atoms with Crippen molar-refractivity contribution >= 4 is 28.2 Å². The molecule has 0 radical (unpaired) electrons. The van der Waals surface area contributed by atoms with Gasteiger partial charge in [-0.2, -0.15) is 0 Å². The maximum Gasteiger partial charge on any atom is 0.206 e. The summed E-state index contributed by atoms with van der Waals surface area (Å²) in [7, 11) is 0. The minimum Gasteiger partial charge on any atom is -0.396 e. The third-order valence-corrected chi connectivity index (χ3v) is 4.20. The third kappa shape index (κ3) is 6.85. The first kappa shape index (κ1) is 14.7. The Kier molecular flexibility index (Phi) is 7.55. The number of aromatic nitrogens is 2. The molecule has 6 heteroatoms. The van der Waals surface area contributed by atoms with E-state index in [0.29, 0.717) is 12.5 Å². The van der Waals surface area contributed by atoms with Gasteiger partial charge in [0.25, 0.3) is 0 Å². The predicted molar refractivity (Wildman–Crippen MR) is 74.9 cm³/mol. The fourth-order valence-electron chi connectivity index (χ4n) is 1.18. The summed E-state index contributed by atoms with van der Waals surface area (Å²) in [6.45, 7) is 5.58. The van der Waals surface area contributed by atoms with Gasteiger partial charge >= 0.3 is 0 Å². The normalized spacial score (nSPS) is 11.1. The molecule has 0 amide bonds. The SMILES string of the molecule is CC(C)CNc1nnc(SCCCCCO)s1. The second-order valence-electron chi connectivity index (χ2n) is 4.28. The van der Waals surface area contributed by atoms with Crippen molar-refractivity contribution in [2.45, 2.75) is 37.4 Å². The zero-order chi connectivity index (χ0) is 12.5. The molecular formula is C11H21N3OS2. The van der Waals surface area contributed by atoms with E-state index >= 15 is 0 Å². The molecule has 0 unspecified atom stereocenters. The Balaban J connectivity index is 2.17. The first-order valence-corrected chi connectivity index (χ1v) is 7.83. The summed E-state index contributed by atoms with van der Waals surface area (Å²) >= 11 is 3.37. The van der Waals surface area contributed by atoms with Crippen LogP contribution >= 0.6 is 23.1 Å². The van der Waals surface area contributed by atoms with E-state index in [1.54, 1.807) is 23.1 Å². The largest absolute Gasteiger partial charge is 0.396 e. The molecule has 0 aliphatic carbocycles. The molecule has 1 rings (SSSR count). The average molecular weight is 275 g/mol. The lowest BCUT2D eigenvalue weighted by molar-refractivity contribution is 0.284. The highest BCUT2D eigenvalue weighted by atomic mass is 32.2. The molecule has 98 valence electrons. The molecule has 0 bridgehead atoms. The van der Waals surface area contributed by atoms with Gasteiger partial charge in [0.05, 0.1) is 0 Å². The quantitative estimate of drug-likeness (QED) is 0.536. The van der Waals surface area contributed by atoms with Crippen LogP contribution in [0.1, 0.15) is 33.1 Å². The van der Waals surface area contributed by atoms with Gasteiger partial charge in [0.2, 0.25) is 5.13 Å². The number of unbranched alkanes of at least 4 members (excludes halogenated alkanes) is 2. The van der Waals surface area contributed by atoms with Gasteiger partial charge in [0.1, 0.15) is 0 Å². The van der Waals surface area contributed by atoms with Gasteiger partial charge in [-0.1, -0.05) is 43.4 Å². The number of anilines is 1. The van der Waals surface area contributed by atoms with Crippen LogP contribution in [-0.2, 0) is 0 Å². The number of thioether (sulfide) groups is 1. The van der Waals surface area contributed by atoms with Crippen LogP contribution in [0.3, 0.4) is 0 Å². The van der Waals surface area contributed by atoms with E-state index in [1.807, 2.05) is 0 Å². The molecule has 0 saturated heterocycles.